The van der Waals surface area contributed by atoms with Gasteiger partial charge in [0.2, 0.25) is 12.0 Å². The molecule has 1 N–H and O–H groups in total. The zero-order valence-electron chi connectivity index (χ0n) is 26.5. The molecule has 248 valence electrons. The first-order chi connectivity index (χ1) is 20.8. The molecule has 0 radical (unpaired) electrons. The van der Waals surface area contributed by atoms with Crippen LogP contribution in [0, 0.1) is 29.6 Å². The third-order valence-corrected chi connectivity index (χ3v) is 9.07. The highest BCUT2D eigenvalue weighted by Crippen LogP contribution is 2.61. The highest BCUT2D eigenvalue weighted by Gasteiger charge is 2.76. The number of hydrogen-bond donors (Lipinski definition) is 1. The van der Waals surface area contributed by atoms with Crippen LogP contribution in [0.25, 0.3) is 0 Å². The first-order valence-corrected chi connectivity index (χ1v) is 15.6. The quantitative estimate of drug-likeness (QED) is 0.115. The molecule has 3 fully saturated rings. The summed E-state index contributed by atoms with van der Waals surface area (Å²) < 4.78 is 48.7. The lowest BCUT2D eigenvalue weighted by Crippen LogP contribution is -2.70. The lowest BCUT2D eigenvalue weighted by atomic mass is 9.60. The molecule has 3 rings (SSSR count). The van der Waals surface area contributed by atoms with Crippen molar-refractivity contribution in [1.82, 2.24) is 5.32 Å². The Labute approximate surface area is 259 Å². The van der Waals surface area contributed by atoms with Crippen molar-refractivity contribution >= 4 is 24.2 Å². The molecule has 12 heteroatoms. The Hall–Kier alpha value is -3.15. The number of alkyl carbamates (subject to hydrolysis) is 1. The molecule has 3 saturated carbocycles. The summed E-state index contributed by atoms with van der Waals surface area (Å²) in [6.45, 7) is 16.3. The Morgan fingerprint density at radius 1 is 0.977 bits per heavy atom. The topological polar surface area (TPSA) is 136 Å². The smallest absolute Gasteiger partial charge is 0.459 e. The third kappa shape index (κ3) is 7.55. The van der Waals surface area contributed by atoms with Crippen LogP contribution < -0.4 is 5.32 Å². The van der Waals surface area contributed by atoms with Crippen molar-refractivity contribution in [3.8, 4) is 0 Å². The average Bonchev–Trinajstić information content (AvgIpc) is 3.21. The first-order valence-electron chi connectivity index (χ1n) is 15.6. The Morgan fingerprint density at radius 3 is 2.30 bits per heavy atom. The summed E-state index contributed by atoms with van der Waals surface area (Å²) in [6, 6.07) is 0. The molecule has 3 aliphatic carbocycles. The van der Waals surface area contributed by atoms with Gasteiger partial charge in [-0.1, -0.05) is 59.4 Å². The molecular formula is C32H48FNO10. The molecule has 0 bridgehead atoms. The molecule has 1 amide bonds. The highest BCUT2D eigenvalue weighted by molar-refractivity contribution is 5.90. The molecule has 0 aromatic rings. The van der Waals surface area contributed by atoms with E-state index in [9.17, 15) is 19.2 Å². The van der Waals surface area contributed by atoms with Gasteiger partial charge in [-0.15, -0.1) is 0 Å². The maximum Gasteiger partial charge on any atom is 0.511 e. The predicted octanol–water partition coefficient (Wildman–Crippen LogP) is 5.41. The Balaban J connectivity index is 1.82. The fourth-order valence-corrected chi connectivity index (χ4v) is 6.86. The predicted molar refractivity (Wildman–Crippen MR) is 157 cm³/mol. The third-order valence-electron chi connectivity index (χ3n) is 9.07. The number of alkyl halides is 1. The number of amides is 1. The minimum Gasteiger partial charge on any atom is -0.459 e. The van der Waals surface area contributed by atoms with Crippen LogP contribution in [-0.2, 0) is 38.0 Å². The SMILES string of the molecule is C=CCOC(=O)N[C@]1(C(=O)OC(C)OC(=O)O[C@H]2C[C@@H](C)CC[C@@H]2C(C)C)[C@@H]2C[C@@](F)(C(=O)OCC=C)[C@@H]2C[C@H]1OCCC. The van der Waals surface area contributed by atoms with E-state index in [1.165, 1.54) is 19.1 Å². The normalized spacial score (nSPS) is 33.2. The van der Waals surface area contributed by atoms with Gasteiger partial charge >= 0.3 is 24.2 Å². The van der Waals surface area contributed by atoms with Crippen molar-refractivity contribution in [3.63, 3.8) is 0 Å². The fourth-order valence-electron chi connectivity index (χ4n) is 6.86. The number of halogens is 1. The first kappa shape index (κ1) is 35.3. The standard InChI is InChI=1S/C32H48FNO10/c1-8-13-39-26-17-23-24(18-31(23,33)27(35)40-14-9-2)32(26,34-29(37)41-15-10-3)28(36)42-21(7)43-30(38)44-25-16-20(6)11-12-22(25)19(4)5/h9-10,19-26H,2-3,8,11-18H2,1,4-7H3,(H,34,37)/t20-,21?,22+,23+,24+,25-,26+,31-,32+/m0/s1. The monoisotopic (exact) mass is 625 g/mol. The molecule has 0 saturated heterocycles. The molecular weight excluding hydrogens is 577 g/mol. The summed E-state index contributed by atoms with van der Waals surface area (Å²) in [5.41, 5.74) is -4.36. The maximum atomic E-state index is 16.0. The lowest BCUT2D eigenvalue weighted by molar-refractivity contribution is -0.195. The summed E-state index contributed by atoms with van der Waals surface area (Å²) in [4.78, 5) is 52.3. The molecule has 0 aromatic heterocycles. The van der Waals surface area contributed by atoms with Gasteiger partial charge in [-0.3, -0.25) is 0 Å². The van der Waals surface area contributed by atoms with Crippen LogP contribution in [0.15, 0.2) is 25.3 Å². The zero-order valence-corrected chi connectivity index (χ0v) is 26.5. The van der Waals surface area contributed by atoms with Gasteiger partial charge in [0.1, 0.15) is 19.3 Å². The summed E-state index contributed by atoms with van der Waals surface area (Å²) in [7, 11) is 0. The van der Waals surface area contributed by atoms with E-state index in [1.54, 1.807) is 0 Å². The number of carbonyl (C=O) groups is 4. The van der Waals surface area contributed by atoms with Crippen LogP contribution in [0.1, 0.15) is 73.1 Å². The largest absolute Gasteiger partial charge is 0.511 e. The van der Waals surface area contributed by atoms with Gasteiger partial charge in [-0.25, -0.2) is 23.6 Å². The molecule has 11 nitrogen and oxygen atoms in total. The van der Waals surface area contributed by atoms with Gasteiger partial charge in [0, 0.05) is 25.4 Å². The van der Waals surface area contributed by atoms with Crippen molar-refractivity contribution in [3.05, 3.63) is 25.3 Å². The van der Waals surface area contributed by atoms with E-state index in [0.717, 1.165) is 12.8 Å². The molecule has 1 unspecified atom stereocenters. The maximum absolute atomic E-state index is 16.0. The molecule has 0 aromatic carbocycles. The average molecular weight is 626 g/mol. The summed E-state index contributed by atoms with van der Waals surface area (Å²) in [5, 5.41) is 2.57. The molecule has 3 aliphatic rings. The second kappa shape index (κ2) is 15.2. The Bertz CT molecular complexity index is 1070. The Kier molecular flexibility index (Phi) is 12.2. The summed E-state index contributed by atoms with van der Waals surface area (Å²) >= 11 is 0. The molecule has 44 heavy (non-hydrogen) atoms. The van der Waals surface area contributed by atoms with Crippen LogP contribution >= 0.6 is 0 Å². The van der Waals surface area contributed by atoms with E-state index in [0.29, 0.717) is 24.7 Å². The summed E-state index contributed by atoms with van der Waals surface area (Å²) in [6.07, 6.45) is 0.557. The number of esters is 2. The molecule has 9 atom stereocenters. The molecule has 0 spiro atoms. The number of fused-ring (bicyclic) bond motifs is 1. The van der Waals surface area contributed by atoms with Crippen LogP contribution in [0.3, 0.4) is 0 Å². The van der Waals surface area contributed by atoms with Crippen LogP contribution in [0.2, 0.25) is 0 Å². The van der Waals surface area contributed by atoms with Crippen molar-refractivity contribution in [2.45, 2.75) is 103 Å². The van der Waals surface area contributed by atoms with E-state index in [1.807, 2.05) is 6.92 Å². The number of ether oxygens (including phenoxy) is 6. The molecule has 0 heterocycles. The highest BCUT2D eigenvalue weighted by atomic mass is 19.1. The van der Waals surface area contributed by atoms with Crippen molar-refractivity contribution in [2.75, 3.05) is 19.8 Å². The fraction of sp³-hybridized carbons (Fsp3) is 0.750. The van der Waals surface area contributed by atoms with Gasteiger partial charge in [-0.05, 0) is 49.9 Å². The van der Waals surface area contributed by atoms with Crippen LogP contribution in [0.5, 0.6) is 0 Å². The second-order valence-corrected chi connectivity index (χ2v) is 12.5. The van der Waals surface area contributed by atoms with Crippen molar-refractivity contribution in [1.29, 1.82) is 0 Å². The van der Waals surface area contributed by atoms with E-state index in [2.05, 4.69) is 39.2 Å². The number of carbonyl (C=O) groups excluding carboxylic acids is 4. The minimum atomic E-state index is -2.41. The van der Waals surface area contributed by atoms with Gasteiger partial charge < -0.3 is 33.7 Å². The number of hydrogen-bond acceptors (Lipinski definition) is 10. The van der Waals surface area contributed by atoms with Gasteiger partial charge in [0.25, 0.3) is 0 Å². The van der Waals surface area contributed by atoms with Crippen molar-refractivity contribution < 1.29 is 52.0 Å². The zero-order chi connectivity index (χ0) is 32.7. The minimum absolute atomic E-state index is 0.0884. The number of rotatable bonds is 14. The second-order valence-electron chi connectivity index (χ2n) is 12.5. The van der Waals surface area contributed by atoms with E-state index >= 15 is 4.39 Å². The van der Waals surface area contributed by atoms with Gasteiger partial charge in [0.15, 0.2) is 5.54 Å². The van der Waals surface area contributed by atoms with E-state index < -0.39 is 66.0 Å². The van der Waals surface area contributed by atoms with Crippen LogP contribution in [0.4, 0.5) is 14.0 Å². The summed E-state index contributed by atoms with van der Waals surface area (Å²) in [5.74, 6) is -3.18. The van der Waals surface area contributed by atoms with Crippen molar-refractivity contribution in [2.24, 2.45) is 29.6 Å². The van der Waals surface area contributed by atoms with Gasteiger partial charge in [-0.2, -0.15) is 0 Å². The van der Waals surface area contributed by atoms with Crippen LogP contribution in [-0.4, -0.2) is 73.7 Å². The Morgan fingerprint density at radius 2 is 1.66 bits per heavy atom. The molecule has 0 aliphatic heterocycles. The van der Waals surface area contributed by atoms with Gasteiger partial charge in [0.05, 0.1) is 6.10 Å². The number of nitrogens with one attached hydrogen (secondary N) is 1. The van der Waals surface area contributed by atoms with E-state index in [-0.39, 0.29) is 38.3 Å². The van der Waals surface area contributed by atoms with E-state index in [4.69, 9.17) is 28.4 Å². The lowest BCUT2D eigenvalue weighted by Gasteiger charge is -2.49.